The molecule has 7 heteroatoms. The quantitative estimate of drug-likeness (QED) is 0.0685. The van der Waals surface area contributed by atoms with E-state index in [2.05, 4.69) is 137 Å². The Morgan fingerprint density at radius 2 is 0.913 bits per heavy atom. The number of ether oxygens (including phenoxy) is 1. The predicted octanol–water partition coefficient (Wildman–Crippen LogP) is 16.2. The van der Waals surface area contributed by atoms with E-state index in [1.165, 1.54) is 83.5 Å². The van der Waals surface area contributed by atoms with E-state index < -0.39 is 0 Å². The van der Waals surface area contributed by atoms with Crippen LogP contribution in [-0.2, 0) is 0 Å². The maximum Gasteiger partial charge on any atom is 0.119 e. The van der Waals surface area contributed by atoms with Crippen LogP contribution in [0.2, 0.25) is 0 Å². The summed E-state index contributed by atoms with van der Waals surface area (Å²) in [7, 11) is 0. The van der Waals surface area contributed by atoms with Gasteiger partial charge in [0.25, 0.3) is 0 Å². The third-order valence-electron chi connectivity index (χ3n) is 12.6. The molecular weight excluding hydrogens is 863 g/mol. The fourth-order valence-electron chi connectivity index (χ4n) is 8.88. The summed E-state index contributed by atoms with van der Waals surface area (Å²) in [5.41, 5.74) is 11.9. The summed E-state index contributed by atoms with van der Waals surface area (Å²) < 4.78 is 8.50. The average molecular weight is 922 g/mol. The van der Waals surface area contributed by atoms with E-state index >= 15 is 0 Å². The number of rotatable bonds is 18. The summed E-state index contributed by atoms with van der Waals surface area (Å²) in [5, 5.41) is 0. The van der Waals surface area contributed by atoms with Gasteiger partial charge in [0.15, 0.2) is 0 Å². The zero-order valence-electron chi connectivity index (χ0n) is 39.6. The van der Waals surface area contributed by atoms with Gasteiger partial charge in [0, 0.05) is 32.9 Å². The molecule has 0 saturated carbocycles. The number of aromatic amines is 1. The summed E-state index contributed by atoms with van der Waals surface area (Å²) in [4.78, 5) is 23.4. The molecule has 2 aliphatic heterocycles. The molecule has 0 amide bonds. The summed E-state index contributed by atoms with van der Waals surface area (Å²) >= 11 is 1.74. The molecule has 7 aromatic rings. The Kier molecular flexibility index (Phi) is 16.3. The Labute approximate surface area is 411 Å². The molecule has 1 N–H and O–H groups in total. The highest BCUT2D eigenvalue weighted by Crippen LogP contribution is 2.40. The standard InChI is InChI=1S/C62H59N5OS/c1-2-3-4-5-6-7-8-9-10-11-12-13-14-22-45-68-50-31-27-47(28-32-50)62-58-40-38-56(67-58)52(34-30-49-26-19-21-44-64-49)54-36-35-53(65-54)51(33-29-48-25-18-20-43-63-48)55-37-39-57(66-55)61(46-23-16-15-17-24-46)59-41-42-60(62)69-59/h15-21,23-28,31-32,35-44,65H,2-14,22,45H2,1H3. The van der Waals surface area contributed by atoms with Crippen LogP contribution in [0.4, 0.5) is 0 Å². The number of nitrogens with zero attached hydrogens (tertiary/aromatic N) is 4. The molecule has 0 radical (unpaired) electrons. The van der Waals surface area contributed by atoms with Crippen molar-refractivity contribution < 1.29 is 4.74 Å². The predicted molar refractivity (Wildman–Crippen MR) is 289 cm³/mol. The highest BCUT2D eigenvalue weighted by atomic mass is 32.1. The number of hydrogen-bond donors (Lipinski definition) is 1. The second-order valence-electron chi connectivity index (χ2n) is 17.6. The highest BCUT2D eigenvalue weighted by molar-refractivity contribution is 7.24. The van der Waals surface area contributed by atoms with Gasteiger partial charge in [-0.25, -0.2) is 19.9 Å². The number of hydrogen-bond acceptors (Lipinski definition) is 6. The lowest BCUT2D eigenvalue weighted by Gasteiger charge is -2.09. The first-order chi connectivity index (χ1) is 34.2. The van der Waals surface area contributed by atoms with Gasteiger partial charge in [0.2, 0.25) is 0 Å². The van der Waals surface area contributed by atoms with Gasteiger partial charge in [0.1, 0.15) is 17.1 Å². The molecule has 7 heterocycles. The molecule has 344 valence electrons. The molecule has 0 aliphatic carbocycles. The van der Waals surface area contributed by atoms with Gasteiger partial charge >= 0.3 is 0 Å². The Morgan fingerprint density at radius 3 is 1.41 bits per heavy atom. The van der Waals surface area contributed by atoms with E-state index in [0.29, 0.717) is 11.4 Å². The molecule has 0 fully saturated rings. The molecule has 6 nitrogen and oxygen atoms in total. The second-order valence-corrected chi connectivity index (χ2v) is 18.7. The second kappa shape index (κ2) is 24.1. The van der Waals surface area contributed by atoms with Crippen LogP contribution in [0, 0.1) is 23.7 Å². The van der Waals surface area contributed by atoms with E-state index in [9.17, 15) is 0 Å². The maximum atomic E-state index is 6.31. The minimum Gasteiger partial charge on any atom is -0.494 e. The number of thiophene rings is 1. The van der Waals surface area contributed by atoms with Crippen LogP contribution in [-0.4, -0.2) is 31.5 Å². The first kappa shape index (κ1) is 46.8. The van der Waals surface area contributed by atoms with Crippen molar-refractivity contribution in [3.8, 4) is 51.7 Å². The van der Waals surface area contributed by atoms with Crippen molar-refractivity contribution in [1.82, 2.24) is 24.9 Å². The third-order valence-corrected chi connectivity index (χ3v) is 13.7. The van der Waals surface area contributed by atoms with Gasteiger partial charge in [-0.2, -0.15) is 0 Å². The summed E-state index contributed by atoms with van der Waals surface area (Å²) in [6, 6.07) is 39.1. The summed E-state index contributed by atoms with van der Waals surface area (Å²) in [5.74, 6) is 14.4. The number of benzene rings is 2. The molecule has 69 heavy (non-hydrogen) atoms. The molecule has 5 aromatic heterocycles. The smallest absolute Gasteiger partial charge is 0.119 e. The van der Waals surface area contributed by atoms with E-state index in [1.807, 2.05) is 48.5 Å². The largest absolute Gasteiger partial charge is 0.494 e. The zero-order chi connectivity index (χ0) is 46.9. The van der Waals surface area contributed by atoms with Crippen molar-refractivity contribution in [3.05, 3.63) is 173 Å². The van der Waals surface area contributed by atoms with Gasteiger partial charge in [0.05, 0.1) is 51.5 Å². The molecule has 8 bridgehead atoms. The van der Waals surface area contributed by atoms with Crippen LogP contribution in [0.15, 0.2) is 128 Å². The van der Waals surface area contributed by atoms with Crippen molar-refractivity contribution in [3.63, 3.8) is 0 Å². The third kappa shape index (κ3) is 12.4. The van der Waals surface area contributed by atoms with Gasteiger partial charge in [-0.15, -0.1) is 11.3 Å². The van der Waals surface area contributed by atoms with Crippen molar-refractivity contribution in [1.29, 1.82) is 0 Å². The van der Waals surface area contributed by atoms with Crippen molar-refractivity contribution >= 4 is 56.1 Å². The topological polar surface area (TPSA) is 76.6 Å². The zero-order valence-corrected chi connectivity index (χ0v) is 40.5. The number of fused-ring (bicyclic) bond motifs is 8. The fourth-order valence-corrected chi connectivity index (χ4v) is 10.0. The normalized spacial score (nSPS) is 11.5. The SMILES string of the molecule is CCCCCCCCCCCCCCCCOc1ccc(-c2c3nc(c(C#Cc4ccccn4)c4ccc([nH]4)c(C#Cc4ccccn4)c4nc(c(-c5ccccc5)c5ccc2s5)C=C4)C=C3)cc1. The van der Waals surface area contributed by atoms with Crippen LogP contribution >= 0.6 is 11.3 Å². The molecule has 9 rings (SSSR count). The van der Waals surface area contributed by atoms with Gasteiger partial charge < -0.3 is 9.72 Å². The number of H-pyrrole nitrogens is 1. The van der Waals surface area contributed by atoms with E-state index in [1.54, 1.807) is 23.7 Å². The van der Waals surface area contributed by atoms with Crippen LogP contribution in [0.1, 0.15) is 142 Å². The summed E-state index contributed by atoms with van der Waals surface area (Å²) in [6.07, 6.45) is 30.6. The molecule has 0 spiro atoms. The van der Waals surface area contributed by atoms with Crippen molar-refractivity contribution in [2.75, 3.05) is 6.61 Å². The van der Waals surface area contributed by atoms with E-state index in [4.69, 9.17) is 14.7 Å². The Morgan fingerprint density at radius 1 is 0.449 bits per heavy atom. The number of pyridine rings is 2. The number of aromatic nitrogens is 5. The lowest BCUT2D eigenvalue weighted by Crippen LogP contribution is -1.97. The van der Waals surface area contributed by atoms with Gasteiger partial charge in [-0.1, -0.05) is 157 Å². The maximum absolute atomic E-state index is 6.31. The Balaban J connectivity index is 1.06. The lowest BCUT2D eigenvalue weighted by atomic mass is 10.0. The van der Waals surface area contributed by atoms with Crippen LogP contribution < -0.4 is 4.74 Å². The summed E-state index contributed by atoms with van der Waals surface area (Å²) in [6.45, 7) is 3.01. The fraction of sp³-hybridized carbons (Fsp3) is 0.258. The minimum absolute atomic E-state index is 0.674. The van der Waals surface area contributed by atoms with Crippen molar-refractivity contribution in [2.24, 2.45) is 0 Å². The lowest BCUT2D eigenvalue weighted by molar-refractivity contribution is 0.304. The highest BCUT2D eigenvalue weighted by Gasteiger charge is 2.17. The van der Waals surface area contributed by atoms with E-state index in [-0.39, 0.29) is 0 Å². The Bertz CT molecular complexity index is 3180. The van der Waals surface area contributed by atoms with Gasteiger partial charge in [-0.3, -0.25) is 0 Å². The van der Waals surface area contributed by atoms with Crippen LogP contribution in [0.3, 0.4) is 0 Å². The molecule has 0 atom stereocenters. The average Bonchev–Trinajstić information content (AvgIpc) is 4.25. The Hall–Kier alpha value is -7.32. The molecule has 2 aromatic carbocycles. The molecule has 0 unspecified atom stereocenters. The minimum atomic E-state index is 0.674. The van der Waals surface area contributed by atoms with E-state index in [0.717, 1.165) is 95.4 Å². The monoisotopic (exact) mass is 921 g/mol. The first-order valence-corrected chi connectivity index (χ1v) is 25.7. The van der Waals surface area contributed by atoms with Crippen LogP contribution in [0.25, 0.3) is 67.0 Å². The molecule has 0 saturated heterocycles. The number of nitrogens with one attached hydrogen (secondary N) is 1. The van der Waals surface area contributed by atoms with Gasteiger partial charge in [-0.05, 0) is 114 Å². The first-order valence-electron chi connectivity index (χ1n) is 24.9. The molecular formula is C62H59N5OS. The number of unbranched alkanes of at least 4 members (excludes halogenated alkanes) is 13. The molecule has 2 aliphatic rings. The van der Waals surface area contributed by atoms with Crippen LogP contribution in [0.5, 0.6) is 5.75 Å². The van der Waals surface area contributed by atoms with Crippen molar-refractivity contribution in [2.45, 2.75) is 96.8 Å².